The zero-order valence-electron chi connectivity index (χ0n) is 9.68. The van der Waals surface area contributed by atoms with Gasteiger partial charge in [0.15, 0.2) is 4.34 Å². The molecule has 0 saturated heterocycles. The lowest BCUT2D eigenvalue weighted by Gasteiger charge is -2.04. The molecule has 0 aliphatic carbocycles. The summed E-state index contributed by atoms with van der Waals surface area (Å²) in [4.78, 5) is 16.5. The first kappa shape index (κ1) is 12.1. The quantitative estimate of drug-likeness (QED) is 0.737. The van der Waals surface area contributed by atoms with Crippen LogP contribution < -0.4 is 11.3 Å². The smallest absolute Gasteiger partial charge is 0.261 e. The van der Waals surface area contributed by atoms with Gasteiger partial charge in [0.05, 0.1) is 23.1 Å². The van der Waals surface area contributed by atoms with Gasteiger partial charge in [-0.25, -0.2) is 4.98 Å². The second-order valence-electron chi connectivity index (χ2n) is 3.72. The highest BCUT2D eigenvalue weighted by Crippen LogP contribution is 2.24. The third kappa shape index (κ3) is 2.45. The maximum absolute atomic E-state index is 12.2. The molecule has 0 saturated carbocycles. The summed E-state index contributed by atoms with van der Waals surface area (Å²) in [6, 6.07) is 7.28. The SMILES string of the molecule is Nc1nnc(SCn2cnc3ccccc3c2=O)s1. The Morgan fingerprint density at radius 3 is 2.95 bits per heavy atom. The van der Waals surface area contributed by atoms with E-state index >= 15 is 0 Å². The van der Waals surface area contributed by atoms with E-state index in [2.05, 4.69) is 15.2 Å². The van der Waals surface area contributed by atoms with Crippen LogP contribution >= 0.6 is 23.1 Å². The van der Waals surface area contributed by atoms with E-state index < -0.39 is 0 Å². The molecular weight excluding hydrogens is 282 g/mol. The van der Waals surface area contributed by atoms with Gasteiger partial charge in [-0.2, -0.15) is 0 Å². The van der Waals surface area contributed by atoms with E-state index in [1.54, 1.807) is 17.0 Å². The number of aromatic nitrogens is 4. The summed E-state index contributed by atoms with van der Waals surface area (Å²) in [5.41, 5.74) is 6.15. The predicted octanol–water partition coefficient (Wildman–Crippen LogP) is 1.58. The molecule has 96 valence electrons. The fourth-order valence-electron chi connectivity index (χ4n) is 1.60. The topological polar surface area (TPSA) is 86.7 Å². The number of nitrogens with zero attached hydrogens (tertiary/aromatic N) is 4. The number of thioether (sulfide) groups is 1. The molecule has 0 amide bonds. The van der Waals surface area contributed by atoms with Gasteiger partial charge in [0.25, 0.3) is 5.56 Å². The van der Waals surface area contributed by atoms with Crippen LogP contribution in [0.2, 0.25) is 0 Å². The number of para-hydroxylation sites is 1. The monoisotopic (exact) mass is 291 g/mol. The van der Waals surface area contributed by atoms with E-state index in [9.17, 15) is 4.79 Å². The lowest BCUT2D eigenvalue weighted by molar-refractivity contribution is 0.821. The van der Waals surface area contributed by atoms with E-state index in [0.717, 1.165) is 4.34 Å². The van der Waals surface area contributed by atoms with Crippen LogP contribution in [0.15, 0.2) is 39.7 Å². The fourth-order valence-corrected chi connectivity index (χ4v) is 3.13. The molecule has 0 bridgehead atoms. The molecule has 8 heteroatoms. The Bertz CT molecular complexity index is 782. The lowest BCUT2D eigenvalue weighted by atomic mass is 10.2. The molecule has 0 radical (unpaired) electrons. The van der Waals surface area contributed by atoms with Crippen LogP contribution in [-0.2, 0) is 5.88 Å². The van der Waals surface area contributed by atoms with Crippen molar-refractivity contribution in [2.45, 2.75) is 10.2 Å². The molecule has 6 nitrogen and oxygen atoms in total. The number of anilines is 1. The lowest BCUT2D eigenvalue weighted by Crippen LogP contribution is -2.19. The van der Waals surface area contributed by atoms with Crippen molar-refractivity contribution in [3.05, 3.63) is 40.9 Å². The molecule has 0 unspecified atom stereocenters. The average molecular weight is 291 g/mol. The molecule has 2 aromatic heterocycles. The highest BCUT2D eigenvalue weighted by atomic mass is 32.2. The number of fused-ring (bicyclic) bond motifs is 1. The van der Waals surface area contributed by atoms with Gasteiger partial charge in [-0.3, -0.25) is 9.36 Å². The van der Waals surface area contributed by atoms with Crippen molar-refractivity contribution in [2.24, 2.45) is 0 Å². The van der Waals surface area contributed by atoms with Crippen molar-refractivity contribution in [1.82, 2.24) is 19.7 Å². The zero-order chi connectivity index (χ0) is 13.2. The van der Waals surface area contributed by atoms with E-state index in [-0.39, 0.29) is 5.56 Å². The number of hydrogen-bond donors (Lipinski definition) is 1. The fraction of sp³-hybridized carbons (Fsp3) is 0.0909. The second kappa shape index (κ2) is 4.98. The minimum absolute atomic E-state index is 0.0596. The van der Waals surface area contributed by atoms with E-state index in [1.807, 2.05) is 18.2 Å². The van der Waals surface area contributed by atoms with Gasteiger partial charge in [-0.1, -0.05) is 35.2 Å². The maximum atomic E-state index is 12.2. The molecule has 2 heterocycles. The number of rotatable bonds is 3. The molecule has 0 aliphatic heterocycles. The predicted molar refractivity (Wildman–Crippen MR) is 76.2 cm³/mol. The highest BCUT2D eigenvalue weighted by Gasteiger charge is 2.06. The van der Waals surface area contributed by atoms with Gasteiger partial charge in [0, 0.05) is 0 Å². The van der Waals surface area contributed by atoms with E-state index in [4.69, 9.17) is 5.73 Å². The summed E-state index contributed by atoms with van der Waals surface area (Å²) in [6.07, 6.45) is 1.54. The minimum atomic E-state index is -0.0596. The number of hydrogen-bond acceptors (Lipinski definition) is 7. The third-order valence-corrected chi connectivity index (χ3v) is 4.37. The summed E-state index contributed by atoms with van der Waals surface area (Å²) in [5.74, 6) is 0.436. The first-order chi connectivity index (χ1) is 9.24. The van der Waals surface area contributed by atoms with Gasteiger partial charge in [0.1, 0.15) is 0 Å². The first-order valence-electron chi connectivity index (χ1n) is 5.40. The van der Waals surface area contributed by atoms with Crippen LogP contribution in [0, 0.1) is 0 Å². The Morgan fingerprint density at radius 1 is 1.32 bits per heavy atom. The minimum Gasteiger partial charge on any atom is -0.374 e. The molecule has 3 aromatic rings. The molecule has 3 rings (SSSR count). The molecular formula is C11H9N5OS2. The van der Waals surface area contributed by atoms with Crippen LogP contribution in [-0.4, -0.2) is 19.7 Å². The molecule has 0 aliphatic rings. The van der Waals surface area contributed by atoms with Crippen LogP contribution in [0.3, 0.4) is 0 Å². The number of benzene rings is 1. The van der Waals surface area contributed by atoms with Crippen molar-refractivity contribution in [1.29, 1.82) is 0 Å². The van der Waals surface area contributed by atoms with Gasteiger partial charge in [-0.15, -0.1) is 10.2 Å². The standard InChI is InChI=1S/C11H9N5OS2/c12-10-14-15-11(19-10)18-6-16-5-13-8-4-2-1-3-7(8)9(16)17/h1-5H,6H2,(H2,12,14). The van der Waals surface area contributed by atoms with Crippen molar-refractivity contribution < 1.29 is 0 Å². The summed E-state index contributed by atoms with van der Waals surface area (Å²) in [7, 11) is 0. The summed E-state index contributed by atoms with van der Waals surface area (Å²) >= 11 is 2.70. The van der Waals surface area contributed by atoms with Gasteiger partial charge >= 0.3 is 0 Å². The number of nitrogen functional groups attached to an aromatic ring is 1. The first-order valence-corrected chi connectivity index (χ1v) is 7.20. The van der Waals surface area contributed by atoms with Gasteiger partial charge < -0.3 is 5.73 Å². The zero-order valence-corrected chi connectivity index (χ0v) is 11.3. The molecule has 1 aromatic carbocycles. The summed E-state index contributed by atoms with van der Waals surface area (Å²) < 4.78 is 2.28. The average Bonchev–Trinajstić information content (AvgIpc) is 2.84. The highest BCUT2D eigenvalue weighted by molar-refractivity contribution is 8.00. The van der Waals surface area contributed by atoms with Crippen molar-refractivity contribution in [3.63, 3.8) is 0 Å². The Labute approximate surface area is 116 Å². The molecule has 0 fully saturated rings. The Balaban J connectivity index is 1.89. The third-order valence-electron chi connectivity index (χ3n) is 2.48. The second-order valence-corrected chi connectivity index (χ2v) is 5.92. The normalized spacial score (nSPS) is 10.9. The summed E-state index contributed by atoms with van der Waals surface area (Å²) in [5, 5.41) is 8.65. The van der Waals surface area contributed by atoms with Crippen LogP contribution in [0.5, 0.6) is 0 Å². The van der Waals surface area contributed by atoms with Crippen molar-refractivity contribution in [2.75, 3.05) is 5.73 Å². The van der Waals surface area contributed by atoms with Gasteiger partial charge in [-0.05, 0) is 12.1 Å². The van der Waals surface area contributed by atoms with E-state index in [0.29, 0.717) is 21.9 Å². The maximum Gasteiger partial charge on any atom is 0.261 e. The molecule has 0 spiro atoms. The van der Waals surface area contributed by atoms with Gasteiger partial charge in [0.2, 0.25) is 5.13 Å². The van der Waals surface area contributed by atoms with Crippen molar-refractivity contribution >= 4 is 39.1 Å². The van der Waals surface area contributed by atoms with Crippen molar-refractivity contribution in [3.8, 4) is 0 Å². The summed E-state index contributed by atoms with van der Waals surface area (Å²) in [6.45, 7) is 0. The molecule has 0 atom stereocenters. The number of nitrogens with two attached hydrogens (primary N) is 1. The van der Waals surface area contributed by atoms with Crippen LogP contribution in [0.25, 0.3) is 10.9 Å². The molecule has 19 heavy (non-hydrogen) atoms. The van der Waals surface area contributed by atoms with E-state index in [1.165, 1.54) is 23.1 Å². The Morgan fingerprint density at radius 2 is 2.16 bits per heavy atom. The Kier molecular flexibility index (Phi) is 3.18. The largest absolute Gasteiger partial charge is 0.374 e. The molecule has 2 N–H and O–H groups in total. The van der Waals surface area contributed by atoms with Crippen LogP contribution in [0.1, 0.15) is 0 Å². The van der Waals surface area contributed by atoms with Crippen LogP contribution in [0.4, 0.5) is 5.13 Å². The Hall–Kier alpha value is -1.93.